The Labute approximate surface area is 166 Å². The van der Waals surface area contributed by atoms with Gasteiger partial charge in [-0.1, -0.05) is 23.7 Å². The van der Waals surface area contributed by atoms with Crippen LogP contribution in [0.5, 0.6) is 5.75 Å². The molecule has 0 atom stereocenters. The predicted molar refractivity (Wildman–Crippen MR) is 107 cm³/mol. The molecule has 0 aliphatic rings. The van der Waals surface area contributed by atoms with Gasteiger partial charge in [-0.15, -0.1) is 0 Å². The minimum Gasteiger partial charge on any atom is -0.497 e. The Bertz CT molecular complexity index is 973. The summed E-state index contributed by atoms with van der Waals surface area (Å²) >= 11 is 6.11. The molecule has 0 aliphatic heterocycles. The van der Waals surface area contributed by atoms with Crippen LogP contribution in [0.4, 0.5) is 16.2 Å². The molecule has 0 bridgehead atoms. The van der Waals surface area contributed by atoms with Gasteiger partial charge in [-0.05, 0) is 42.0 Å². The number of urea groups is 1. The Morgan fingerprint density at radius 2 is 1.93 bits per heavy atom. The number of nitrogens with one attached hydrogen (secondary N) is 3. The summed E-state index contributed by atoms with van der Waals surface area (Å²) < 4.78 is 10.1. The van der Waals surface area contributed by atoms with Gasteiger partial charge in [-0.2, -0.15) is 0 Å². The molecule has 0 spiro atoms. The normalized spacial score (nSPS) is 10.2. The van der Waals surface area contributed by atoms with Gasteiger partial charge in [-0.3, -0.25) is 4.79 Å². The fourth-order valence-electron chi connectivity index (χ4n) is 2.43. The van der Waals surface area contributed by atoms with Crippen LogP contribution in [-0.4, -0.2) is 19.0 Å². The highest BCUT2D eigenvalue weighted by atomic mass is 35.5. The minimum absolute atomic E-state index is 0.222. The van der Waals surface area contributed by atoms with Crippen LogP contribution in [-0.2, 0) is 6.54 Å². The number of ether oxygens (including phenoxy) is 1. The summed E-state index contributed by atoms with van der Waals surface area (Å²) in [4.78, 5) is 24.1. The van der Waals surface area contributed by atoms with Crippen molar-refractivity contribution in [1.82, 2.24) is 5.32 Å². The molecule has 144 valence electrons. The average molecular weight is 400 g/mol. The fraction of sp³-hybridized carbons (Fsp3) is 0.100. The zero-order chi connectivity index (χ0) is 19.9. The lowest BCUT2D eigenvalue weighted by atomic mass is 10.2. The lowest BCUT2D eigenvalue weighted by Crippen LogP contribution is -2.28. The molecule has 7 nitrogen and oxygen atoms in total. The lowest BCUT2D eigenvalue weighted by Gasteiger charge is -2.11. The van der Waals surface area contributed by atoms with Crippen LogP contribution in [0.25, 0.3) is 0 Å². The minimum atomic E-state index is -0.405. The second-order valence-corrected chi connectivity index (χ2v) is 6.19. The third kappa shape index (κ3) is 5.05. The van der Waals surface area contributed by atoms with Crippen molar-refractivity contribution in [2.24, 2.45) is 0 Å². The third-order valence-corrected chi connectivity index (χ3v) is 4.12. The Hall–Kier alpha value is -3.45. The van der Waals surface area contributed by atoms with E-state index in [9.17, 15) is 9.59 Å². The van der Waals surface area contributed by atoms with Crippen LogP contribution in [0.3, 0.4) is 0 Å². The molecule has 0 saturated carbocycles. The summed E-state index contributed by atoms with van der Waals surface area (Å²) in [6.45, 7) is 0.268. The van der Waals surface area contributed by atoms with Crippen LogP contribution in [0.15, 0.2) is 65.3 Å². The summed E-state index contributed by atoms with van der Waals surface area (Å²) in [7, 11) is 1.54. The van der Waals surface area contributed by atoms with Gasteiger partial charge in [-0.25, -0.2) is 4.79 Å². The molecule has 3 rings (SSSR count). The molecule has 1 heterocycles. The van der Waals surface area contributed by atoms with Gasteiger partial charge in [0.05, 0.1) is 24.1 Å². The number of amides is 3. The summed E-state index contributed by atoms with van der Waals surface area (Å²) in [6, 6.07) is 14.9. The van der Waals surface area contributed by atoms with Crippen molar-refractivity contribution >= 4 is 34.9 Å². The first kappa shape index (κ1) is 19.3. The van der Waals surface area contributed by atoms with E-state index >= 15 is 0 Å². The van der Waals surface area contributed by atoms with Gasteiger partial charge < -0.3 is 25.1 Å². The molecule has 2 aromatic carbocycles. The van der Waals surface area contributed by atoms with Crippen molar-refractivity contribution < 1.29 is 18.7 Å². The Balaban J connectivity index is 1.55. The first-order valence-corrected chi connectivity index (χ1v) is 8.75. The van der Waals surface area contributed by atoms with Gasteiger partial charge in [0.1, 0.15) is 5.75 Å². The number of rotatable bonds is 6. The van der Waals surface area contributed by atoms with Crippen molar-refractivity contribution in [3.8, 4) is 5.75 Å². The quantitative estimate of drug-likeness (QED) is 0.568. The molecule has 0 fully saturated rings. The molecule has 3 N–H and O–H groups in total. The first-order valence-electron chi connectivity index (χ1n) is 8.37. The summed E-state index contributed by atoms with van der Waals surface area (Å²) in [6.07, 6.45) is 1.43. The third-order valence-electron chi connectivity index (χ3n) is 3.81. The maximum Gasteiger partial charge on any atom is 0.319 e. The van der Waals surface area contributed by atoms with Crippen LogP contribution in [0.2, 0.25) is 5.02 Å². The van der Waals surface area contributed by atoms with Crippen LogP contribution in [0, 0.1) is 0 Å². The first-order chi connectivity index (χ1) is 13.5. The average Bonchev–Trinajstić information content (AvgIpc) is 3.23. The summed E-state index contributed by atoms with van der Waals surface area (Å²) in [5, 5.41) is 8.53. The van der Waals surface area contributed by atoms with E-state index < -0.39 is 6.03 Å². The van der Waals surface area contributed by atoms with Gasteiger partial charge in [0, 0.05) is 18.3 Å². The number of furan rings is 1. The number of benzene rings is 2. The van der Waals surface area contributed by atoms with Gasteiger partial charge >= 0.3 is 6.03 Å². The lowest BCUT2D eigenvalue weighted by molar-refractivity contribution is 0.0996. The molecule has 3 amide bonds. The molecule has 0 radical (unpaired) electrons. The molecule has 0 saturated heterocycles. The number of carbonyl (C=O) groups excluding carboxylic acids is 2. The molecule has 0 unspecified atom stereocenters. The maximum absolute atomic E-state index is 12.1. The van der Waals surface area contributed by atoms with Gasteiger partial charge in [0.25, 0.3) is 5.91 Å². The SMILES string of the molecule is COc1ccc(NC(=O)NCc2cccc(NC(=O)c3ccco3)c2)c(Cl)c1. The standard InChI is InChI=1S/C20H18ClN3O4/c1-27-15-7-8-17(16(21)11-15)24-20(26)22-12-13-4-2-5-14(10-13)23-19(25)18-6-3-9-28-18/h2-11H,12H2,1H3,(H,23,25)(H2,22,24,26). The van der Waals surface area contributed by atoms with E-state index in [0.717, 1.165) is 5.56 Å². The second-order valence-electron chi connectivity index (χ2n) is 5.79. The number of methoxy groups -OCH3 is 1. The van der Waals surface area contributed by atoms with Crippen LogP contribution >= 0.6 is 11.6 Å². The largest absolute Gasteiger partial charge is 0.497 e. The highest BCUT2D eigenvalue weighted by Gasteiger charge is 2.10. The highest BCUT2D eigenvalue weighted by Crippen LogP contribution is 2.26. The maximum atomic E-state index is 12.1. The number of hydrogen-bond acceptors (Lipinski definition) is 4. The monoisotopic (exact) mass is 399 g/mol. The molecule has 1 aromatic heterocycles. The van der Waals surface area contributed by atoms with Crippen molar-refractivity contribution in [3.63, 3.8) is 0 Å². The van der Waals surface area contributed by atoms with E-state index in [-0.39, 0.29) is 18.2 Å². The molecular formula is C20H18ClN3O4. The van der Waals surface area contributed by atoms with Crippen LogP contribution < -0.4 is 20.7 Å². The number of anilines is 2. The smallest absolute Gasteiger partial charge is 0.319 e. The Morgan fingerprint density at radius 3 is 2.64 bits per heavy atom. The molecule has 8 heteroatoms. The van der Waals surface area contributed by atoms with Crippen molar-refractivity contribution in [3.05, 3.63) is 77.2 Å². The van der Waals surface area contributed by atoms with Crippen LogP contribution in [0.1, 0.15) is 16.1 Å². The van der Waals surface area contributed by atoms with Crippen molar-refractivity contribution in [1.29, 1.82) is 0 Å². The summed E-state index contributed by atoms with van der Waals surface area (Å²) in [5.74, 6) is 0.477. The predicted octanol–water partition coefficient (Wildman–Crippen LogP) is 4.52. The van der Waals surface area contributed by atoms with Crippen molar-refractivity contribution in [2.45, 2.75) is 6.54 Å². The Morgan fingerprint density at radius 1 is 1.07 bits per heavy atom. The van der Waals surface area contributed by atoms with E-state index in [1.807, 2.05) is 6.07 Å². The van der Waals surface area contributed by atoms with E-state index in [1.54, 1.807) is 48.5 Å². The Kier molecular flexibility index (Phi) is 6.18. The van der Waals surface area contributed by atoms with E-state index in [0.29, 0.717) is 22.1 Å². The zero-order valence-corrected chi connectivity index (χ0v) is 15.7. The van der Waals surface area contributed by atoms with E-state index in [1.165, 1.54) is 13.4 Å². The van der Waals surface area contributed by atoms with Gasteiger partial charge in [0.15, 0.2) is 5.76 Å². The second kappa shape index (κ2) is 8.96. The fourth-order valence-corrected chi connectivity index (χ4v) is 2.65. The molecule has 28 heavy (non-hydrogen) atoms. The van der Waals surface area contributed by atoms with E-state index in [2.05, 4.69) is 16.0 Å². The highest BCUT2D eigenvalue weighted by molar-refractivity contribution is 6.33. The van der Waals surface area contributed by atoms with E-state index in [4.69, 9.17) is 20.8 Å². The molecule has 0 aliphatic carbocycles. The number of hydrogen-bond donors (Lipinski definition) is 3. The number of halogens is 1. The molecular weight excluding hydrogens is 382 g/mol. The van der Waals surface area contributed by atoms with Gasteiger partial charge in [0.2, 0.25) is 0 Å². The molecule has 3 aromatic rings. The summed E-state index contributed by atoms with van der Waals surface area (Å²) in [5.41, 5.74) is 1.88. The van der Waals surface area contributed by atoms with Crippen molar-refractivity contribution in [2.75, 3.05) is 17.7 Å². The topological polar surface area (TPSA) is 92.6 Å². The zero-order valence-electron chi connectivity index (χ0n) is 15.0. The number of carbonyl (C=O) groups is 2.